The summed E-state index contributed by atoms with van der Waals surface area (Å²) in [7, 11) is 1.33. The van der Waals surface area contributed by atoms with Crippen molar-refractivity contribution in [2.45, 2.75) is 19.1 Å². The number of guanidine groups is 1. The lowest BCUT2D eigenvalue weighted by molar-refractivity contribution is -0.274. The summed E-state index contributed by atoms with van der Waals surface area (Å²) < 4.78 is 76.2. The van der Waals surface area contributed by atoms with E-state index < -0.39 is 19.1 Å². The molecule has 1 aromatic carbocycles. The van der Waals surface area contributed by atoms with E-state index in [1.165, 1.54) is 19.2 Å². The van der Waals surface area contributed by atoms with E-state index in [4.69, 9.17) is 5.73 Å². The lowest BCUT2D eigenvalue weighted by Crippen LogP contribution is -2.40. The number of nitrogens with one attached hydrogen (secondary N) is 1. The predicted octanol–water partition coefficient (Wildman–Crippen LogP) is 3.10. The summed E-state index contributed by atoms with van der Waals surface area (Å²) in [5.41, 5.74) is 6.16. The van der Waals surface area contributed by atoms with Gasteiger partial charge < -0.3 is 15.8 Å². The smallest absolute Gasteiger partial charge is 0.406 e. The molecule has 26 heavy (non-hydrogen) atoms. The average Bonchev–Trinajstić information content (AvgIpc) is 2.43. The van der Waals surface area contributed by atoms with E-state index in [0.29, 0.717) is 5.56 Å². The average molecular weight is 500 g/mol. The van der Waals surface area contributed by atoms with Crippen LogP contribution in [0.25, 0.3) is 0 Å². The molecule has 3 N–H and O–H groups in total. The third-order valence-corrected chi connectivity index (χ3v) is 2.84. The Morgan fingerprint density at radius 3 is 2.23 bits per heavy atom. The maximum Gasteiger partial charge on any atom is 0.573 e. The number of nitrogens with zero attached hydrogens (tertiary/aromatic N) is 2. The van der Waals surface area contributed by atoms with Crippen LogP contribution in [0.15, 0.2) is 29.3 Å². The van der Waals surface area contributed by atoms with Crippen LogP contribution < -0.4 is 15.8 Å². The van der Waals surface area contributed by atoms with Crippen LogP contribution in [0.5, 0.6) is 5.75 Å². The van der Waals surface area contributed by atoms with Gasteiger partial charge in [-0.1, -0.05) is 12.1 Å². The van der Waals surface area contributed by atoms with Crippen LogP contribution in [0.3, 0.4) is 0 Å². The molecule has 0 heterocycles. The first-order valence-corrected chi connectivity index (χ1v) is 7.08. The number of aliphatic imine (C=N–C) groups is 1. The van der Waals surface area contributed by atoms with Gasteiger partial charge in [0.25, 0.3) is 0 Å². The number of rotatable bonds is 7. The van der Waals surface area contributed by atoms with Gasteiger partial charge in [-0.2, -0.15) is 13.2 Å². The lowest BCUT2D eigenvalue weighted by Gasteiger charge is -2.18. The van der Waals surface area contributed by atoms with Crippen molar-refractivity contribution in [2.75, 3.05) is 26.7 Å². The Morgan fingerprint density at radius 2 is 1.73 bits per heavy atom. The topological polar surface area (TPSA) is 62.9 Å². The number of likely N-dealkylation sites (N-methyl/N-ethyl adjacent to an activating group) is 1. The number of benzene rings is 1. The summed E-state index contributed by atoms with van der Waals surface area (Å²) in [5.74, 6) is -0.324. The van der Waals surface area contributed by atoms with Crippen LogP contribution in [0, 0.1) is 0 Å². The SMILES string of the molecule is CN(CCNC(N)=NCc1ccc(OC(F)(F)F)cc1)CC(F)(F)F.I. The minimum atomic E-state index is -4.76. The van der Waals surface area contributed by atoms with Crippen molar-refractivity contribution in [3.63, 3.8) is 0 Å². The van der Waals surface area contributed by atoms with Crippen molar-refractivity contribution in [1.82, 2.24) is 10.2 Å². The van der Waals surface area contributed by atoms with E-state index in [0.717, 1.165) is 17.0 Å². The van der Waals surface area contributed by atoms with Crippen molar-refractivity contribution in [2.24, 2.45) is 10.7 Å². The highest BCUT2D eigenvalue weighted by Gasteiger charge is 2.31. The zero-order valence-corrected chi connectivity index (χ0v) is 16.0. The van der Waals surface area contributed by atoms with Gasteiger partial charge in [0.15, 0.2) is 5.96 Å². The van der Waals surface area contributed by atoms with Gasteiger partial charge in [0.05, 0.1) is 13.1 Å². The molecule has 0 spiro atoms. The molecule has 0 saturated carbocycles. The molecule has 0 radical (unpaired) electrons. The zero-order valence-electron chi connectivity index (χ0n) is 13.7. The van der Waals surface area contributed by atoms with Gasteiger partial charge in [0, 0.05) is 13.1 Å². The monoisotopic (exact) mass is 500 g/mol. The minimum absolute atomic E-state index is 0. The van der Waals surface area contributed by atoms with Crippen molar-refractivity contribution >= 4 is 29.9 Å². The zero-order chi connectivity index (χ0) is 19.1. The summed E-state index contributed by atoms with van der Waals surface area (Å²) in [6.07, 6.45) is -9.02. The van der Waals surface area contributed by atoms with E-state index in [2.05, 4.69) is 15.0 Å². The number of nitrogens with two attached hydrogens (primary N) is 1. The fourth-order valence-electron chi connectivity index (χ4n) is 1.79. The van der Waals surface area contributed by atoms with Crippen molar-refractivity contribution < 1.29 is 31.1 Å². The third-order valence-electron chi connectivity index (χ3n) is 2.84. The van der Waals surface area contributed by atoms with Crippen LogP contribution in [0.2, 0.25) is 0 Å². The van der Waals surface area contributed by atoms with Crippen LogP contribution in [0.1, 0.15) is 5.56 Å². The molecule has 1 aromatic rings. The quantitative estimate of drug-likeness (QED) is 0.262. The largest absolute Gasteiger partial charge is 0.573 e. The minimum Gasteiger partial charge on any atom is -0.406 e. The Bertz CT molecular complexity index is 562. The Labute approximate surface area is 163 Å². The van der Waals surface area contributed by atoms with E-state index >= 15 is 0 Å². The van der Waals surface area contributed by atoms with Gasteiger partial charge in [-0.05, 0) is 24.7 Å². The lowest BCUT2D eigenvalue weighted by atomic mass is 10.2. The summed E-state index contributed by atoms with van der Waals surface area (Å²) in [5, 5.41) is 2.66. The first kappa shape index (κ1) is 24.6. The normalized spacial score (nSPS) is 12.7. The molecule has 0 fully saturated rings. The summed E-state index contributed by atoms with van der Waals surface area (Å²) in [6, 6.07) is 5.09. The van der Waals surface area contributed by atoms with Crippen LogP contribution >= 0.6 is 24.0 Å². The second-order valence-electron chi connectivity index (χ2n) is 5.17. The highest BCUT2D eigenvalue weighted by Crippen LogP contribution is 2.22. The third kappa shape index (κ3) is 12.0. The molecule has 5 nitrogen and oxygen atoms in total. The fourth-order valence-corrected chi connectivity index (χ4v) is 1.79. The number of hydrogen-bond donors (Lipinski definition) is 2. The molecular formula is C14H19F6IN4O. The number of hydrogen-bond acceptors (Lipinski definition) is 3. The van der Waals surface area contributed by atoms with Crippen molar-refractivity contribution in [1.29, 1.82) is 0 Å². The van der Waals surface area contributed by atoms with Gasteiger partial charge in [-0.15, -0.1) is 37.1 Å². The first-order chi connectivity index (χ1) is 11.4. The molecule has 0 aliphatic heterocycles. The standard InChI is InChI=1S/C14H18F6N4O.HI/c1-24(9-13(15,16)17)7-6-22-12(21)23-8-10-2-4-11(5-3-10)25-14(18,19)20;/h2-5H,6-9H2,1H3,(H3,21,22,23);1H. The Morgan fingerprint density at radius 1 is 1.15 bits per heavy atom. The van der Waals surface area contributed by atoms with Crippen LogP contribution in [-0.2, 0) is 6.54 Å². The summed E-state index contributed by atoms with van der Waals surface area (Å²) in [6.45, 7) is -0.652. The van der Waals surface area contributed by atoms with Crippen LogP contribution in [-0.4, -0.2) is 50.1 Å². The molecule has 0 saturated heterocycles. The van der Waals surface area contributed by atoms with E-state index in [-0.39, 0.29) is 55.3 Å². The summed E-state index contributed by atoms with van der Waals surface area (Å²) >= 11 is 0. The summed E-state index contributed by atoms with van der Waals surface area (Å²) in [4.78, 5) is 5.03. The predicted molar refractivity (Wildman–Crippen MR) is 95.4 cm³/mol. The molecule has 0 atom stereocenters. The van der Waals surface area contributed by atoms with Gasteiger partial charge >= 0.3 is 12.5 Å². The maximum atomic E-state index is 12.1. The van der Waals surface area contributed by atoms with E-state index in [9.17, 15) is 26.3 Å². The molecule has 0 aromatic heterocycles. The Kier molecular flexibility index (Phi) is 10.1. The number of ether oxygens (including phenoxy) is 1. The van der Waals surface area contributed by atoms with E-state index in [1.54, 1.807) is 0 Å². The molecule has 0 bridgehead atoms. The number of alkyl halides is 6. The molecule has 0 aliphatic rings. The van der Waals surface area contributed by atoms with Crippen molar-refractivity contribution in [3.8, 4) is 5.75 Å². The van der Waals surface area contributed by atoms with Crippen molar-refractivity contribution in [3.05, 3.63) is 29.8 Å². The first-order valence-electron chi connectivity index (χ1n) is 7.08. The fraction of sp³-hybridized carbons (Fsp3) is 0.500. The second kappa shape index (κ2) is 10.6. The Hall–Kier alpha value is -1.44. The highest BCUT2D eigenvalue weighted by atomic mass is 127. The van der Waals surface area contributed by atoms with Gasteiger partial charge in [0.2, 0.25) is 0 Å². The van der Waals surface area contributed by atoms with E-state index in [1.807, 2.05) is 0 Å². The molecule has 1 rings (SSSR count). The van der Waals surface area contributed by atoms with Crippen LogP contribution in [0.4, 0.5) is 26.3 Å². The molecule has 0 aliphatic carbocycles. The van der Waals surface area contributed by atoms with Gasteiger partial charge in [0.1, 0.15) is 5.75 Å². The highest BCUT2D eigenvalue weighted by molar-refractivity contribution is 14.0. The van der Waals surface area contributed by atoms with Gasteiger partial charge in [-0.25, -0.2) is 4.99 Å². The maximum absolute atomic E-state index is 12.1. The second-order valence-corrected chi connectivity index (χ2v) is 5.17. The Balaban J connectivity index is 0.00000625. The molecule has 0 amide bonds. The molecule has 12 heteroatoms. The molecule has 0 unspecified atom stereocenters. The van der Waals surface area contributed by atoms with Gasteiger partial charge in [-0.3, -0.25) is 4.90 Å². The molecular weight excluding hydrogens is 481 g/mol. The number of halogens is 7. The molecule has 150 valence electrons.